The van der Waals surface area contributed by atoms with E-state index < -0.39 is 35.6 Å². The van der Waals surface area contributed by atoms with Gasteiger partial charge in [0.15, 0.2) is 0 Å². The van der Waals surface area contributed by atoms with E-state index in [9.17, 15) is 19.2 Å². The molecule has 2 unspecified atom stereocenters. The van der Waals surface area contributed by atoms with Crippen LogP contribution in [0.2, 0.25) is 0 Å². The molecule has 0 aromatic carbocycles. The van der Waals surface area contributed by atoms with E-state index in [2.05, 4.69) is 39.2 Å². The molecule has 1 aliphatic carbocycles. The van der Waals surface area contributed by atoms with Gasteiger partial charge in [0.1, 0.15) is 0 Å². The van der Waals surface area contributed by atoms with Crippen LogP contribution in [-0.2, 0) is 33.3 Å². The van der Waals surface area contributed by atoms with Gasteiger partial charge < -0.3 is 24.3 Å². The zero-order valence-corrected chi connectivity index (χ0v) is 23.3. The molecule has 2 atom stereocenters. The third-order valence-corrected chi connectivity index (χ3v) is 5.77. The van der Waals surface area contributed by atoms with Gasteiger partial charge in [0.05, 0.1) is 0 Å². The van der Waals surface area contributed by atoms with E-state index in [1.165, 1.54) is 41.5 Å². The third-order valence-electron chi connectivity index (χ3n) is 5.77. The number of hydrogen-bond acceptors (Lipinski definition) is 8. The van der Waals surface area contributed by atoms with Gasteiger partial charge in [-0.1, -0.05) is 33.9 Å². The van der Waals surface area contributed by atoms with Crippen molar-refractivity contribution in [2.45, 2.75) is 112 Å². The number of amides is 1. The average molecular weight is 510 g/mol. The second-order valence-corrected chi connectivity index (χ2v) is 11.9. The van der Waals surface area contributed by atoms with Gasteiger partial charge in [-0.3, -0.25) is 4.79 Å². The molecule has 9 nitrogen and oxygen atoms in total. The van der Waals surface area contributed by atoms with Crippen LogP contribution in [0.15, 0.2) is 24.3 Å². The second kappa shape index (κ2) is 11.5. The molecule has 0 spiro atoms. The summed E-state index contributed by atoms with van der Waals surface area (Å²) < 4.78 is 21.1. The topological polar surface area (TPSA) is 117 Å². The first kappa shape index (κ1) is 31.2. The van der Waals surface area contributed by atoms with Crippen molar-refractivity contribution in [3.05, 3.63) is 24.3 Å². The first-order chi connectivity index (χ1) is 16.1. The molecule has 0 bridgehead atoms. The summed E-state index contributed by atoms with van der Waals surface area (Å²) in [5, 5.41) is 2.89. The van der Waals surface area contributed by atoms with E-state index in [0.717, 1.165) is 12.8 Å². The zero-order chi connectivity index (χ0) is 28.1. The van der Waals surface area contributed by atoms with E-state index in [0.29, 0.717) is 12.8 Å². The Morgan fingerprint density at radius 1 is 0.833 bits per heavy atom. The van der Waals surface area contributed by atoms with Crippen LogP contribution in [0.3, 0.4) is 0 Å². The third kappa shape index (κ3) is 10.8. The van der Waals surface area contributed by atoms with Crippen LogP contribution in [0.25, 0.3) is 0 Å². The Bertz CT molecular complexity index is 901. The van der Waals surface area contributed by atoms with Crippen LogP contribution in [0.4, 0.5) is 4.79 Å². The highest BCUT2D eigenvalue weighted by atomic mass is 16.7. The minimum absolute atomic E-state index is 0.104. The van der Waals surface area contributed by atoms with Crippen LogP contribution >= 0.6 is 0 Å². The van der Waals surface area contributed by atoms with Crippen LogP contribution in [0.1, 0.15) is 94.4 Å². The maximum atomic E-state index is 12.6. The minimum atomic E-state index is -1.46. The molecule has 0 heterocycles. The highest BCUT2D eigenvalue weighted by molar-refractivity contribution is 5.87. The molecular formula is C27H43NO8. The van der Waals surface area contributed by atoms with Crippen molar-refractivity contribution in [1.29, 1.82) is 0 Å². The first-order valence-electron chi connectivity index (χ1n) is 12.1. The number of carbonyl (C=O) groups excluding carboxylic acids is 4. The van der Waals surface area contributed by atoms with Crippen molar-refractivity contribution in [3.63, 3.8) is 0 Å². The summed E-state index contributed by atoms with van der Waals surface area (Å²) in [4.78, 5) is 48.7. The van der Waals surface area contributed by atoms with Crippen LogP contribution in [-0.4, -0.2) is 41.6 Å². The maximum absolute atomic E-state index is 12.6. The van der Waals surface area contributed by atoms with Gasteiger partial charge >= 0.3 is 24.0 Å². The number of carbonyl (C=O) groups is 4. The molecule has 1 rings (SSSR count). The van der Waals surface area contributed by atoms with E-state index in [1.54, 1.807) is 0 Å². The summed E-state index contributed by atoms with van der Waals surface area (Å²) in [5.41, 5.74) is 0.0463. The molecule has 36 heavy (non-hydrogen) atoms. The van der Waals surface area contributed by atoms with Crippen LogP contribution < -0.4 is 5.32 Å². The van der Waals surface area contributed by atoms with Crippen LogP contribution in [0, 0.1) is 10.8 Å². The van der Waals surface area contributed by atoms with Crippen molar-refractivity contribution in [1.82, 2.24) is 5.32 Å². The molecule has 9 heteroatoms. The Hall–Kier alpha value is -2.84. The lowest BCUT2D eigenvalue weighted by molar-refractivity contribution is -0.214. The molecule has 1 amide bonds. The molecule has 204 valence electrons. The van der Waals surface area contributed by atoms with Gasteiger partial charge in [-0.15, -0.1) is 0 Å². The quantitative estimate of drug-likeness (QED) is 0.238. The Kier molecular flexibility index (Phi) is 9.94. The highest BCUT2D eigenvalue weighted by Crippen LogP contribution is 2.48. The zero-order valence-electron chi connectivity index (χ0n) is 23.3. The van der Waals surface area contributed by atoms with Gasteiger partial charge in [0, 0.05) is 51.3 Å². The van der Waals surface area contributed by atoms with E-state index >= 15 is 0 Å². The molecule has 1 aliphatic rings. The summed E-state index contributed by atoms with van der Waals surface area (Å²) in [5.74, 6) is -4.63. The van der Waals surface area contributed by atoms with Crippen LogP contribution in [0.5, 0.6) is 0 Å². The average Bonchev–Trinajstić information content (AvgIpc) is 2.62. The van der Waals surface area contributed by atoms with Crippen molar-refractivity contribution < 1.29 is 38.1 Å². The largest absolute Gasteiger partial charge is 0.423 e. The maximum Gasteiger partial charge on any atom is 0.410 e. The van der Waals surface area contributed by atoms with Crippen molar-refractivity contribution in [3.8, 4) is 0 Å². The number of rotatable bonds is 10. The molecular weight excluding hydrogens is 466 g/mol. The summed E-state index contributed by atoms with van der Waals surface area (Å²) in [6.45, 7) is 22.3. The Balaban J connectivity index is 2.75. The van der Waals surface area contributed by atoms with Crippen molar-refractivity contribution in [2.75, 3.05) is 0 Å². The molecule has 0 radical (unpaired) electrons. The number of nitrogens with one attached hydrogen (secondary N) is 1. The Labute approximate surface area is 214 Å². The van der Waals surface area contributed by atoms with Gasteiger partial charge in [-0.2, -0.15) is 0 Å². The number of hydrogen-bond donors (Lipinski definition) is 1. The standard InChI is InChI=1S/C27H43NO8/c1-17(2)21(30)34-25(7,8)33-20(29)12-13-27(11)15-19(14-24(5,6)16-27)28-23(32)36-26(9,10)35-22(31)18(3)4/h19H,1,3,12-16H2,2,4-11H3,(H,28,32). The van der Waals surface area contributed by atoms with E-state index in [-0.39, 0.29) is 34.4 Å². The van der Waals surface area contributed by atoms with E-state index in [1.807, 2.05) is 0 Å². The van der Waals surface area contributed by atoms with Gasteiger partial charge in [0.25, 0.3) is 11.6 Å². The van der Waals surface area contributed by atoms with E-state index in [4.69, 9.17) is 18.9 Å². The SMILES string of the molecule is C=C(C)C(=O)OC(C)(C)OC(=O)CCC1(C)CC(NC(=O)OC(C)(C)OC(=O)C(=C)C)CC(C)(C)C1. The fourth-order valence-corrected chi connectivity index (χ4v) is 4.74. The summed E-state index contributed by atoms with van der Waals surface area (Å²) in [6, 6.07) is -0.206. The number of esters is 3. The Morgan fingerprint density at radius 2 is 1.31 bits per heavy atom. The Morgan fingerprint density at radius 3 is 1.78 bits per heavy atom. The predicted molar refractivity (Wildman–Crippen MR) is 134 cm³/mol. The van der Waals surface area contributed by atoms with Crippen molar-refractivity contribution in [2.24, 2.45) is 10.8 Å². The minimum Gasteiger partial charge on any atom is -0.423 e. The predicted octanol–water partition coefficient (Wildman–Crippen LogP) is 5.33. The lowest BCUT2D eigenvalue weighted by Gasteiger charge is -2.47. The van der Waals surface area contributed by atoms with Gasteiger partial charge in [0.2, 0.25) is 0 Å². The van der Waals surface area contributed by atoms with Gasteiger partial charge in [-0.25, -0.2) is 14.4 Å². The molecule has 0 aliphatic heterocycles. The second-order valence-electron chi connectivity index (χ2n) is 11.9. The summed E-state index contributed by atoms with van der Waals surface area (Å²) in [6.07, 6.45) is 2.14. The molecule has 1 fully saturated rings. The molecule has 1 N–H and O–H groups in total. The summed E-state index contributed by atoms with van der Waals surface area (Å²) >= 11 is 0. The number of ether oxygens (including phenoxy) is 4. The smallest absolute Gasteiger partial charge is 0.410 e. The first-order valence-corrected chi connectivity index (χ1v) is 12.1. The molecule has 0 aromatic heterocycles. The lowest BCUT2D eigenvalue weighted by Crippen LogP contribution is -2.49. The summed E-state index contributed by atoms with van der Waals surface area (Å²) in [7, 11) is 0. The molecule has 0 aromatic rings. The number of alkyl carbamates (subject to hydrolysis) is 1. The molecule has 1 saturated carbocycles. The van der Waals surface area contributed by atoms with Crippen molar-refractivity contribution >= 4 is 24.0 Å². The fraction of sp³-hybridized carbons (Fsp3) is 0.704. The van der Waals surface area contributed by atoms with Gasteiger partial charge in [-0.05, 0) is 50.4 Å². The normalized spacial score (nSPS) is 21.5. The lowest BCUT2D eigenvalue weighted by atomic mass is 9.61. The monoisotopic (exact) mass is 509 g/mol. The molecule has 0 saturated heterocycles. The fourth-order valence-electron chi connectivity index (χ4n) is 4.74. The highest BCUT2D eigenvalue weighted by Gasteiger charge is 2.42.